The van der Waals surface area contributed by atoms with Gasteiger partial charge in [0.15, 0.2) is 0 Å². The van der Waals surface area contributed by atoms with Gasteiger partial charge in [0.05, 0.1) is 16.3 Å². The lowest BCUT2D eigenvalue weighted by atomic mass is 10.2. The third-order valence-corrected chi connectivity index (χ3v) is 3.07. The van der Waals surface area contributed by atoms with E-state index in [-0.39, 0.29) is 10.7 Å². The molecular weight excluding hydrogens is 317 g/mol. The third-order valence-electron chi connectivity index (χ3n) is 2.75. The predicted octanol–water partition coefficient (Wildman–Crippen LogP) is 4.71. The summed E-state index contributed by atoms with van der Waals surface area (Å²) in [6, 6.07) is 4.63. The van der Waals surface area contributed by atoms with Crippen LogP contribution in [-0.2, 0) is 6.18 Å². The van der Waals surface area contributed by atoms with Crippen molar-refractivity contribution in [2.45, 2.75) is 19.5 Å². The Labute approximate surface area is 130 Å². The maximum absolute atomic E-state index is 12.7. The Bertz CT molecular complexity index is 646. The number of anilines is 3. The van der Waals surface area contributed by atoms with Crippen LogP contribution in [0.1, 0.15) is 18.9 Å². The van der Waals surface area contributed by atoms with Gasteiger partial charge in [-0.1, -0.05) is 18.5 Å². The quantitative estimate of drug-likeness (QED) is 0.833. The fraction of sp³-hybridized carbons (Fsp3) is 0.286. The van der Waals surface area contributed by atoms with Crippen molar-refractivity contribution in [3.8, 4) is 0 Å². The smallest absolute Gasteiger partial charge is 0.354 e. The molecule has 1 aromatic carbocycles. The number of nitrogens with one attached hydrogen (secondary N) is 2. The number of alkyl halides is 3. The number of benzene rings is 1. The predicted molar refractivity (Wildman–Crippen MR) is 80.5 cm³/mol. The molecule has 22 heavy (non-hydrogen) atoms. The molecule has 1 aromatic heterocycles. The van der Waals surface area contributed by atoms with E-state index in [1.165, 1.54) is 12.3 Å². The molecule has 0 aliphatic heterocycles. The Morgan fingerprint density at radius 2 is 2.00 bits per heavy atom. The molecular formula is C14H14ClF3N4. The van der Waals surface area contributed by atoms with Gasteiger partial charge < -0.3 is 10.6 Å². The normalized spacial score (nSPS) is 11.3. The average molecular weight is 331 g/mol. The molecule has 0 saturated carbocycles. The first kappa shape index (κ1) is 16.4. The van der Waals surface area contributed by atoms with Crippen molar-refractivity contribution >= 4 is 29.1 Å². The zero-order valence-corrected chi connectivity index (χ0v) is 12.5. The highest BCUT2D eigenvalue weighted by atomic mass is 35.5. The first-order valence-electron chi connectivity index (χ1n) is 6.61. The van der Waals surface area contributed by atoms with Gasteiger partial charge in [-0.3, -0.25) is 0 Å². The maximum atomic E-state index is 12.7. The summed E-state index contributed by atoms with van der Waals surface area (Å²) in [6.45, 7) is 2.70. The van der Waals surface area contributed by atoms with Gasteiger partial charge >= 0.3 is 6.18 Å². The van der Waals surface area contributed by atoms with Crippen molar-refractivity contribution in [2.24, 2.45) is 0 Å². The Kier molecular flexibility index (Phi) is 5.07. The molecule has 0 spiro atoms. The van der Waals surface area contributed by atoms with Crippen LogP contribution in [0.2, 0.25) is 5.02 Å². The van der Waals surface area contributed by atoms with E-state index in [0.29, 0.717) is 18.3 Å². The van der Waals surface area contributed by atoms with E-state index in [1.54, 1.807) is 6.07 Å². The molecule has 0 bridgehead atoms. The first-order chi connectivity index (χ1) is 10.4. The standard InChI is InChI=1S/C14H14ClF3N4/c1-2-6-19-13-20-7-5-12(22-13)21-11-8-9(14(16,17)18)3-4-10(11)15/h3-5,7-8H,2,6H2,1H3,(H2,19,20,21,22). The summed E-state index contributed by atoms with van der Waals surface area (Å²) in [7, 11) is 0. The molecule has 0 amide bonds. The van der Waals surface area contributed by atoms with E-state index in [1.807, 2.05) is 6.92 Å². The molecule has 0 aliphatic rings. The minimum atomic E-state index is -4.43. The average Bonchev–Trinajstić information content (AvgIpc) is 2.46. The Hall–Kier alpha value is -2.02. The van der Waals surface area contributed by atoms with E-state index in [9.17, 15) is 13.2 Å². The second-order valence-electron chi connectivity index (χ2n) is 4.51. The molecule has 2 aromatic rings. The Morgan fingerprint density at radius 1 is 1.23 bits per heavy atom. The van der Waals surface area contributed by atoms with Crippen molar-refractivity contribution in [3.05, 3.63) is 41.0 Å². The molecule has 0 radical (unpaired) electrons. The monoisotopic (exact) mass is 330 g/mol. The van der Waals surface area contributed by atoms with E-state index in [0.717, 1.165) is 18.6 Å². The minimum absolute atomic E-state index is 0.136. The number of halogens is 4. The van der Waals surface area contributed by atoms with Crippen molar-refractivity contribution in [1.82, 2.24) is 9.97 Å². The van der Waals surface area contributed by atoms with Crippen molar-refractivity contribution in [2.75, 3.05) is 17.2 Å². The van der Waals surface area contributed by atoms with E-state index >= 15 is 0 Å². The van der Waals surface area contributed by atoms with E-state index in [4.69, 9.17) is 11.6 Å². The van der Waals surface area contributed by atoms with Gasteiger partial charge in [-0.25, -0.2) is 4.98 Å². The van der Waals surface area contributed by atoms with Gasteiger partial charge in [-0.2, -0.15) is 18.2 Å². The summed E-state index contributed by atoms with van der Waals surface area (Å²) in [4.78, 5) is 8.19. The van der Waals surface area contributed by atoms with Crippen LogP contribution in [0.4, 0.5) is 30.6 Å². The van der Waals surface area contributed by atoms with Crippen LogP contribution in [0.25, 0.3) is 0 Å². The van der Waals surface area contributed by atoms with E-state index < -0.39 is 11.7 Å². The van der Waals surface area contributed by atoms with Gasteiger partial charge in [-0.15, -0.1) is 0 Å². The SMILES string of the molecule is CCCNc1nccc(Nc2cc(C(F)(F)F)ccc2Cl)n1. The van der Waals surface area contributed by atoms with Gasteiger partial charge in [-0.05, 0) is 30.7 Å². The number of hydrogen-bond donors (Lipinski definition) is 2. The molecule has 0 atom stereocenters. The molecule has 0 aliphatic carbocycles. The van der Waals surface area contributed by atoms with Crippen LogP contribution in [0.15, 0.2) is 30.5 Å². The largest absolute Gasteiger partial charge is 0.416 e. The molecule has 2 N–H and O–H groups in total. The highest BCUT2D eigenvalue weighted by molar-refractivity contribution is 6.33. The highest BCUT2D eigenvalue weighted by Crippen LogP contribution is 2.34. The lowest BCUT2D eigenvalue weighted by Crippen LogP contribution is -2.07. The third kappa shape index (κ3) is 4.24. The minimum Gasteiger partial charge on any atom is -0.354 e. The summed E-state index contributed by atoms with van der Waals surface area (Å²) in [5, 5.41) is 5.95. The molecule has 0 fully saturated rings. The lowest BCUT2D eigenvalue weighted by Gasteiger charge is -2.12. The van der Waals surface area contributed by atoms with Crippen LogP contribution in [0.3, 0.4) is 0 Å². The zero-order chi connectivity index (χ0) is 16.2. The first-order valence-corrected chi connectivity index (χ1v) is 6.98. The summed E-state index contributed by atoms with van der Waals surface area (Å²) < 4.78 is 38.2. The van der Waals surface area contributed by atoms with Gasteiger partial charge in [0.2, 0.25) is 5.95 Å². The number of nitrogens with zero attached hydrogens (tertiary/aromatic N) is 2. The maximum Gasteiger partial charge on any atom is 0.416 e. The molecule has 8 heteroatoms. The van der Waals surface area contributed by atoms with Crippen molar-refractivity contribution < 1.29 is 13.2 Å². The Morgan fingerprint density at radius 3 is 2.68 bits per heavy atom. The topological polar surface area (TPSA) is 49.8 Å². The summed E-state index contributed by atoms with van der Waals surface area (Å²) in [6.07, 6.45) is -2.02. The van der Waals surface area contributed by atoms with Crippen molar-refractivity contribution in [1.29, 1.82) is 0 Å². The molecule has 118 valence electrons. The van der Waals surface area contributed by atoms with Gasteiger partial charge in [0.25, 0.3) is 0 Å². The number of rotatable bonds is 5. The van der Waals surface area contributed by atoms with Crippen LogP contribution >= 0.6 is 11.6 Å². The Balaban J connectivity index is 2.23. The number of hydrogen-bond acceptors (Lipinski definition) is 4. The molecule has 4 nitrogen and oxygen atoms in total. The summed E-state index contributed by atoms with van der Waals surface area (Å²) >= 11 is 5.93. The second kappa shape index (κ2) is 6.83. The van der Waals surface area contributed by atoms with Crippen LogP contribution < -0.4 is 10.6 Å². The second-order valence-corrected chi connectivity index (χ2v) is 4.92. The summed E-state index contributed by atoms with van der Waals surface area (Å²) in [5.41, 5.74) is -0.644. The fourth-order valence-electron chi connectivity index (χ4n) is 1.69. The lowest BCUT2D eigenvalue weighted by molar-refractivity contribution is -0.137. The molecule has 0 saturated heterocycles. The van der Waals surface area contributed by atoms with Crippen molar-refractivity contribution in [3.63, 3.8) is 0 Å². The van der Waals surface area contributed by atoms with E-state index in [2.05, 4.69) is 20.6 Å². The fourth-order valence-corrected chi connectivity index (χ4v) is 1.85. The molecule has 2 rings (SSSR count). The van der Waals surface area contributed by atoms with Gasteiger partial charge in [0, 0.05) is 12.7 Å². The number of aromatic nitrogens is 2. The van der Waals surface area contributed by atoms with Gasteiger partial charge in [0.1, 0.15) is 5.82 Å². The molecule has 0 unspecified atom stereocenters. The van der Waals surface area contributed by atoms with Crippen LogP contribution in [0.5, 0.6) is 0 Å². The van der Waals surface area contributed by atoms with Crippen LogP contribution in [-0.4, -0.2) is 16.5 Å². The highest BCUT2D eigenvalue weighted by Gasteiger charge is 2.31. The summed E-state index contributed by atoms with van der Waals surface area (Å²) in [5.74, 6) is 0.754. The van der Waals surface area contributed by atoms with Crippen LogP contribution in [0, 0.1) is 0 Å². The molecule has 1 heterocycles. The zero-order valence-electron chi connectivity index (χ0n) is 11.7.